The van der Waals surface area contributed by atoms with Crippen LogP contribution in [0.1, 0.15) is 70.6 Å². The van der Waals surface area contributed by atoms with Crippen LogP contribution in [0.3, 0.4) is 0 Å². The monoisotopic (exact) mass is 471 g/mol. The number of benzene rings is 1. The molecule has 0 spiro atoms. The highest BCUT2D eigenvalue weighted by molar-refractivity contribution is 7.93. The highest BCUT2D eigenvalue weighted by atomic mass is 32.2. The molecule has 4 rings (SSSR count). The Morgan fingerprint density at radius 2 is 1.50 bits per heavy atom. The topological polar surface area (TPSA) is 37.4 Å². The van der Waals surface area contributed by atoms with Gasteiger partial charge in [0.05, 0.1) is 15.6 Å². The number of sulfone groups is 1. The lowest BCUT2D eigenvalue weighted by Crippen LogP contribution is -2.46. The molecule has 0 amide bonds. The Morgan fingerprint density at radius 1 is 0.906 bits per heavy atom. The minimum Gasteiger partial charge on any atom is -0.303 e. The summed E-state index contributed by atoms with van der Waals surface area (Å²) in [7, 11) is -3.30. The first-order valence-corrected chi connectivity index (χ1v) is 13.8. The van der Waals surface area contributed by atoms with E-state index in [-0.39, 0.29) is 0 Å². The molecule has 1 saturated heterocycles. The third-order valence-electron chi connectivity index (χ3n) is 8.53. The van der Waals surface area contributed by atoms with Gasteiger partial charge in [-0.3, -0.25) is 0 Å². The fourth-order valence-corrected chi connectivity index (χ4v) is 8.52. The Hall–Kier alpha value is -1.08. The van der Waals surface area contributed by atoms with E-state index in [4.69, 9.17) is 0 Å². The van der Waals surface area contributed by atoms with Gasteiger partial charge in [0.15, 0.2) is 9.84 Å². The Bertz CT molecular complexity index is 836. The van der Waals surface area contributed by atoms with Gasteiger partial charge in [-0.2, -0.15) is 13.2 Å². The molecular weight excluding hydrogens is 435 g/mol. The molecule has 0 radical (unpaired) electrons. The number of likely N-dealkylation sites (tertiary alicyclic amines) is 1. The zero-order valence-corrected chi connectivity index (χ0v) is 19.6. The molecule has 0 aromatic heterocycles. The summed E-state index contributed by atoms with van der Waals surface area (Å²) in [5, 5.41) is 0. The zero-order chi connectivity index (χ0) is 22.8. The number of hydrogen-bond donors (Lipinski definition) is 0. The van der Waals surface area contributed by atoms with Crippen molar-refractivity contribution in [3.8, 4) is 0 Å². The van der Waals surface area contributed by atoms with E-state index in [1.807, 2.05) is 6.07 Å². The van der Waals surface area contributed by atoms with Crippen molar-refractivity contribution in [2.45, 2.75) is 86.4 Å². The van der Waals surface area contributed by atoms with Crippen LogP contribution in [0, 0.1) is 17.8 Å². The Kier molecular flexibility index (Phi) is 7.26. The van der Waals surface area contributed by atoms with Crippen LogP contribution < -0.4 is 0 Å². The van der Waals surface area contributed by atoms with Crippen LogP contribution in [0.4, 0.5) is 13.2 Å². The van der Waals surface area contributed by atoms with E-state index in [2.05, 4.69) is 4.90 Å². The van der Waals surface area contributed by atoms with E-state index in [0.717, 1.165) is 58.2 Å². The first kappa shape index (κ1) is 24.1. The summed E-state index contributed by atoms with van der Waals surface area (Å²) in [6.45, 7) is 2.89. The molecule has 3 aliphatic rings. The standard InChI is InChI=1S/C25H36F3NO2S/c26-25(27,28)22-10-8-20(9-11-22)21-12-18-29(19-13-21)17-5-16-24(14-4-15-24)32(30,31)23-6-2-1-3-7-23/h1-3,6-7,20-22H,4-5,8-19H2. The molecular formula is C25H36F3NO2S. The molecule has 7 heteroatoms. The molecule has 1 aliphatic heterocycles. The maximum atomic E-state index is 13.2. The Labute approximate surface area is 190 Å². The summed E-state index contributed by atoms with van der Waals surface area (Å²) >= 11 is 0. The number of hydrogen-bond acceptors (Lipinski definition) is 3. The van der Waals surface area contributed by atoms with Gasteiger partial charge in [0, 0.05) is 0 Å². The molecule has 0 atom stereocenters. The van der Waals surface area contributed by atoms with Crippen molar-refractivity contribution in [3.05, 3.63) is 30.3 Å². The summed E-state index contributed by atoms with van der Waals surface area (Å²) in [5.74, 6) is -0.0910. The smallest absolute Gasteiger partial charge is 0.303 e. The quantitative estimate of drug-likeness (QED) is 0.472. The lowest BCUT2D eigenvalue weighted by Gasteiger charge is -2.42. The van der Waals surface area contributed by atoms with Gasteiger partial charge in [0.25, 0.3) is 0 Å². The molecule has 3 nitrogen and oxygen atoms in total. The summed E-state index contributed by atoms with van der Waals surface area (Å²) in [4.78, 5) is 2.88. The number of nitrogens with zero attached hydrogens (tertiary/aromatic N) is 1. The summed E-state index contributed by atoms with van der Waals surface area (Å²) < 4.78 is 64.6. The van der Waals surface area contributed by atoms with Crippen LogP contribution >= 0.6 is 0 Å². The molecule has 3 fully saturated rings. The fourth-order valence-electron chi connectivity index (χ4n) is 6.26. The summed E-state index contributed by atoms with van der Waals surface area (Å²) in [6.07, 6.45) is 4.22. The first-order chi connectivity index (χ1) is 15.2. The molecule has 0 bridgehead atoms. The van der Waals surface area contributed by atoms with E-state index in [0.29, 0.717) is 48.8 Å². The molecule has 1 aromatic carbocycles. The van der Waals surface area contributed by atoms with Crippen molar-refractivity contribution >= 4 is 9.84 Å². The van der Waals surface area contributed by atoms with Crippen LogP contribution in [0.2, 0.25) is 0 Å². The lowest BCUT2D eigenvalue weighted by atomic mass is 9.72. The molecule has 180 valence electrons. The lowest BCUT2D eigenvalue weighted by molar-refractivity contribution is -0.185. The number of alkyl halides is 3. The van der Waals surface area contributed by atoms with Crippen molar-refractivity contribution in [3.63, 3.8) is 0 Å². The third kappa shape index (κ3) is 5.03. The van der Waals surface area contributed by atoms with Crippen LogP contribution in [0.15, 0.2) is 35.2 Å². The summed E-state index contributed by atoms with van der Waals surface area (Å²) in [5.41, 5.74) is 0. The minimum atomic E-state index is -4.03. The Morgan fingerprint density at radius 3 is 2.03 bits per heavy atom. The van der Waals surface area contributed by atoms with Gasteiger partial charge in [-0.05, 0) is 108 Å². The van der Waals surface area contributed by atoms with Gasteiger partial charge in [-0.1, -0.05) is 24.6 Å². The van der Waals surface area contributed by atoms with E-state index >= 15 is 0 Å². The third-order valence-corrected chi connectivity index (χ3v) is 11.2. The van der Waals surface area contributed by atoms with Crippen molar-refractivity contribution in [1.82, 2.24) is 4.90 Å². The van der Waals surface area contributed by atoms with Crippen LogP contribution in [0.5, 0.6) is 0 Å². The average Bonchev–Trinajstić information content (AvgIpc) is 2.76. The largest absolute Gasteiger partial charge is 0.391 e. The van der Waals surface area contributed by atoms with Gasteiger partial charge >= 0.3 is 6.18 Å². The second-order valence-corrected chi connectivity index (χ2v) is 12.6. The fraction of sp³-hybridized carbons (Fsp3) is 0.760. The van der Waals surface area contributed by atoms with Crippen LogP contribution in [-0.4, -0.2) is 43.9 Å². The van der Waals surface area contributed by atoms with Gasteiger partial charge in [0.2, 0.25) is 0 Å². The van der Waals surface area contributed by atoms with Gasteiger partial charge < -0.3 is 4.90 Å². The normalized spacial score (nSPS) is 27.7. The predicted octanol–water partition coefficient (Wildman–Crippen LogP) is 6.24. The molecule has 1 heterocycles. The predicted molar refractivity (Wildman–Crippen MR) is 120 cm³/mol. The number of halogens is 3. The van der Waals surface area contributed by atoms with Crippen molar-refractivity contribution in [1.29, 1.82) is 0 Å². The van der Waals surface area contributed by atoms with E-state index in [1.165, 1.54) is 0 Å². The molecule has 1 aromatic rings. The van der Waals surface area contributed by atoms with E-state index in [9.17, 15) is 21.6 Å². The average molecular weight is 472 g/mol. The van der Waals surface area contributed by atoms with Crippen molar-refractivity contribution in [2.24, 2.45) is 17.8 Å². The van der Waals surface area contributed by atoms with E-state index < -0.39 is 26.7 Å². The van der Waals surface area contributed by atoms with Crippen LogP contribution in [0.25, 0.3) is 0 Å². The highest BCUT2D eigenvalue weighted by Gasteiger charge is 2.49. The molecule has 32 heavy (non-hydrogen) atoms. The maximum absolute atomic E-state index is 13.2. The minimum absolute atomic E-state index is 0.298. The van der Waals surface area contributed by atoms with Crippen molar-refractivity contribution < 1.29 is 21.6 Å². The second-order valence-electron chi connectivity index (χ2n) is 10.3. The summed E-state index contributed by atoms with van der Waals surface area (Å²) in [6, 6.07) is 8.85. The zero-order valence-electron chi connectivity index (χ0n) is 18.8. The van der Waals surface area contributed by atoms with Gasteiger partial charge in [-0.25, -0.2) is 8.42 Å². The second kappa shape index (κ2) is 9.65. The Balaban J connectivity index is 1.22. The maximum Gasteiger partial charge on any atom is 0.391 e. The molecule has 2 saturated carbocycles. The number of piperidine rings is 1. The molecule has 0 N–H and O–H groups in total. The SMILES string of the molecule is O=S(=O)(c1ccccc1)C1(CCCN2CCC(C3CCC(C(F)(F)F)CC3)CC2)CCC1. The van der Waals surface area contributed by atoms with Gasteiger partial charge in [0.1, 0.15) is 0 Å². The van der Waals surface area contributed by atoms with Crippen molar-refractivity contribution in [2.75, 3.05) is 19.6 Å². The number of rotatable bonds is 7. The molecule has 2 aliphatic carbocycles. The highest BCUT2D eigenvalue weighted by Crippen LogP contribution is 2.46. The van der Waals surface area contributed by atoms with Gasteiger partial charge in [-0.15, -0.1) is 0 Å². The van der Waals surface area contributed by atoms with E-state index in [1.54, 1.807) is 24.3 Å². The first-order valence-electron chi connectivity index (χ1n) is 12.3. The van der Waals surface area contributed by atoms with Crippen LogP contribution in [-0.2, 0) is 9.84 Å². The molecule has 0 unspecified atom stereocenters.